The van der Waals surface area contributed by atoms with Crippen LogP contribution < -0.4 is 9.64 Å². The minimum absolute atomic E-state index is 0.00664. The second-order valence-electron chi connectivity index (χ2n) is 8.86. The van der Waals surface area contributed by atoms with Gasteiger partial charge in [-0.1, -0.05) is 11.6 Å². The molecule has 0 unspecified atom stereocenters. The molecule has 0 aromatic carbocycles. The third-order valence-electron chi connectivity index (χ3n) is 5.19. The number of ether oxygens (including phenoxy) is 2. The predicted octanol–water partition coefficient (Wildman–Crippen LogP) is 2.43. The van der Waals surface area contributed by atoms with Gasteiger partial charge in [0.1, 0.15) is 28.4 Å². The Balaban J connectivity index is 1.84. The van der Waals surface area contributed by atoms with Crippen molar-refractivity contribution in [3.8, 4) is 5.88 Å². The summed E-state index contributed by atoms with van der Waals surface area (Å²) in [5.74, 6) is -0.778. The van der Waals surface area contributed by atoms with Crippen LogP contribution in [0, 0.1) is 5.82 Å². The number of hydrogen-bond donors (Lipinski definition) is 0. The van der Waals surface area contributed by atoms with Gasteiger partial charge >= 0.3 is 6.09 Å². The van der Waals surface area contributed by atoms with Crippen LogP contribution in [-0.2, 0) is 14.6 Å². The molecule has 0 N–H and O–H groups in total. The number of aromatic nitrogens is 3. The van der Waals surface area contributed by atoms with Crippen LogP contribution in [-0.4, -0.2) is 78.0 Å². The van der Waals surface area contributed by atoms with Crippen molar-refractivity contribution < 1.29 is 27.1 Å². The molecule has 32 heavy (non-hydrogen) atoms. The molecule has 174 valence electrons. The third-order valence-corrected chi connectivity index (χ3v) is 6.28. The van der Waals surface area contributed by atoms with Crippen molar-refractivity contribution in [3.05, 3.63) is 11.0 Å². The number of rotatable bonds is 1. The van der Waals surface area contributed by atoms with Gasteiger partial charge in [-0.25, -0.2) is 27.6 Å². The Bertz CT molecular complexity index is 1220. The zero-order valence-corrected chi connectivity index (χ0v) is 19.8. The second kappa shape index (κ2) is 7.55. The summed E-state index contributed by atoms with van der Waals surface area (Å²) in [6.45, 7) is 7.92. The van der Waals surface area contributed by atoms with E-state index in [9.17, 15) is 17.6 Å². The Morgan fingerprint density at radius 3 is 2.56 bits per heavy atom. The lowest BCUT2D eigenvalue weighted by Crippen LogP contribution is -2.59. The molecule has 10 nitrogen and oxygen atoms in total. The van der Waals surface area contributed by atoms with E-state index in [1.807, 2.05) is 0 Å². The largest absolute Gasteiger partial charge is 0.472 e. The molecule has 4 heterocycles. The lowest BCUT2D eigenvalue weighted by atomic mass is 10.1. The summed E-state index contributed by atoms with van der Waals surface area (Å²) in [5.41, 5.74) is -0.940. The summed E-state index contributed by atoms with van der Waals surface area (Å²) in [7, 11) is -3.86. The second-order valence-corrected chi connectivity index (χ2v) is 11.1. The van der Waals surface area contributed by atoms with Gasteiger partial charge in [0.05, 0.1) is 6.04 Å². The molecule has 0 radical (unpaired) electrons. The van der Waals surface area contributed by atoms with Crippen molar-refractivity contribution in [1.82, 2.24) is 19.9 Å². The van der Waals surface area contributed by atoms with Crippen LogP contribution in [0.4, 0.5) is 15.0 Å². The van der Waals surface area contributed by atoms with E-state index >= 15 is 0 Å². The van der Waals surface area contributed by atoms with Crippen molar-refractivity contribution in [2.24, 2.45) is 0 Å². The van der Waals surface area contributed by atoms with Crippen LogP contribution in [0.15, 0.2) is 5.16 Å². The number of piperazine rings is 1. The van der Waals surface area contributed by atoms with Crippen LogP contribution >= 0.6 is 11.6 Å². The molecule has 1 saturated heterocycles. The minimum Gasteiger partial charge on any atom is -0.472 e. The van der Waals surface area contributed by atoms with E-state index in [0.29, 0.717) is 0 Å². The maximum absolute atomic E-state index is 14.8. The van der Waals surface area contributed by atoms with E-state index in [1.54, 1.807) is 37.5 Å². The number of carbonyl (C=O) groups is 1. The zero-order valence-electron chi connectivity index (χ0n) is 18.2. The number of hydrogen-bond acceptors (Lipinski definition) is 9. The monoisotopic (exact) mass is 487 g/mol. The highest BCUT2D eigenvalue weighted by Gasteiger charge is 2.41. The van der Waals surface area contributed by atoms with E-state index in [0.717, 1.165) is 6.26 Å². The summed E-state index contributed by atoms with van der Waals surface area (Å²) >= 11 is 5.94. The zero-order chi connectivity index (χ0) is 23.6. The molecule has 2 aliphatic heterocycles. The van der Waals surface area contributed by atoms with E-state index in [-0.39, 0.29) is 42.2 Å². The Kier molecular flexibility index (Phi) is 5.36. The lowest BCUT2D eigenvalue weighted by molar-refractivity contribution is 0.0175. The summed E-state index contributed by atoms with van der Waals surface area (Å²) in [6.07, 6.45) is -0.0488. The molecule has 1 fully saturated rings. The topological polar surface area (TPSA) is 115 Å². The molecular weight excluding hydrogens is 465 g/mol. The molecule has 1 amide bonds. The van der Waals surface area contributed by atoms with Crippen molar-refractivity contribution in [1.29, 1.82) is 0 Å². The van der Waals surface area contributed by atoms with Gasteiger partial charge in [-0.15, -0.1) is 0 Å². The number of sulfone groups is 1. The maximum atomic E-state index is 14.8. The summed E-state index contributed by atoms with van der Waals surface area (Å²) in [6, 6.07) is -0.433. The SMILES string of the molecule is C[C@@H]1Oc2nc(Cl)c(F)c3nc(S(C)(=O)=O)nc(c23)N2CCN(C(=O)OC(C)(C)C)C[C@@H]12. The van der Waals surface area contributed by atoms with Crippen LogP contribution in [0.3, 0.4) is 0 Å². The molecular formula is C19H23ClFN5O5S. The van der Waals surface area contributed by atoms with Gasteiger partial charge in [-0.2, -0.15) is 4.98 Å². The van der Waals surface area contributed by atoms with Crippen molar-refractivity contribution in [2.75, 3.05) is 30.8 Å². The number of fused-ring (bicyclic) bond motifs is 2. The first-order valence-corrected chi connectivity index (χ1v) is 12.2. The maximum Gasteiger partial charge on any atom is 0.410 e. The number of carbonyl (C=O) groups excluding carboxylic acids is 1. The van der Waals surface area contributed by atoms with E-state index < -0.39 is 49.8 Å². The van der Waals surface area contributed by atoms with Crippen LogP contribution in [0.2, 0.25) is 5.15 Å². The van der Waals surface area contributed by atoms with Gasteiger partial charge in [0.25, 0.3) is 0 Å². The average molecular weight is 488 g/mol. The highest BCUT2D eigenvalue weighted by Crippen LogP contribution is 2.40. The number of nitrogens with zero attached hydrogens (tertiary/aromatic N) is 5. The molecule has 2 aliphatic rings. The Hall–Kier alpha value is -2.47. The Morgan fingerprint density at radius 1 is 1.25 bits per heavy atom. The first-order chi connectivity index (χ1) is 14.8. The highest BCUT2D eigenvalue weighted by atomic mass is 35.5. The molecule has 0 bridgehead atoms. The molecule has 13 heteroatoms. The Morgan fingerprint density at radius 2 is 1.94 bits per heavy atom. The summed E-state index contributed by atoms with van der Waals surface area (Å²) < 4.78 is 50.7. The van der Waals surface area contributed by atoms with Crippen LogP contribution in [0.5, 0.6) is 5.88 Å². The fourth-order valence-corrected chi connectivity index (χ4v) is 4.43. The van der Waals surface area contributed by atoms with Gasteiger partial charge in [0.15, 0.2) is 11.0 Å². The molecule has 2 aromatic heterocycles. The van der Waals surface area contributed by atoms with Gasteiger partial charge in [0.2, 0.25) is 20.9 Å². The van der Waals surface area contributed by atoms with Crippen molar-refractivity contribution in [2.45, 2.75) is 50.6 Å². The lowest BCUT2D eigenvalue weighted by Gasteiger charge is -2.43. The number of halogens is 2. The first-order valence-electron chi connectivity index (χ1n) is 9.94. The smallest absolute Gasteiger partial charge is 0.410 e. The van der Waals surface area contributed by atoms with E-state index in [2.05, 4.69) is 15.0 Å². The normalized spacial score (nSPS) is 21.1. The molecule has 2 aromatic rings. The fraction of sp³-hybridized carbons (Fsp3) is 0.579. The molecule has 4 rings (SSSR count). The standard InChI is InChI=1S/C19H23ClFN5O5S/c1-9-10-8-25(18(27)31-19(2,3)4)6-7-26(10)15-11-13(22-17(24-15)32(5,28)29)12(21)14(20)23-16(11)30-9/h9-10H,6-8H2,1-5H3/t9-,10-/m0/s1. The number of amides is 1. The average Bonchev–Trinajstić information content (AvgIpc) is 2.79. The first kappa shape index (κ1) is 22.7. The van der Waals surface area contributed by atoms with Gasteiger partial charge in [0, 0.05) is 25.9 Å². The predicted molar refractivity (Wildman–Crippen MR) is 114 cm³/mol. The number of pyridine rings is 1. The highest BCUT2D eigenvalue weighted by molar-refractivity contribution is 7.90. The van der Waals surface area contributed by atoms with Gasteiger partial charge in [-0.3, -0.25) is 0 Å². The van der Waals surface area contributed by atoms with Gasteiger partial charge in [-0.05, 0) is 27.7 Å². The Labute approximate surface area is 189 Å². The van der Waals surface area contributed by atoms with Crippen molar-refractivity contribution in [3.63, 3.8) is 0 Å². The molecule has 0 saturated carbocycles. The summed E-state index contributed by atoms with van der Waals surface area (Å²) in [5, 5.41) is -0.881. The van der Waals surface area contributed by atoms with Crippen LogP contribution in [0.25, 0.3) is 10.9 Å². The summed E-state index contributed by atoms with van der Waals surface area (Å²) in [4.78, 5) is 28.1. The van der Waals surface area contributed by atoms with E-state index in [4.69, 9.17) is 21.1 Å². The van der Waals surface area contributed by atoms with Crippen LogP contribution in [0.1, 0.15) is 27.7 Å². The number of anilines is 1. The van der Waals surface area contributed by atoms with Gasteiger partial charge < -0.3 is 19.3 Å². The van der Waals surface area contributed by atoms with E-state index in [1.165, 1.54) is 0 Å². The minimum atomic E-state index is -3.86. The molecule has 0 spiro atoms. The third kappa shape index (κ3) is 4.01. The van der Waals surface area contributed by atoms with Crippen molar-refractivity contribution >= 4 is 44.3 Å². The molecule has 0 aliphatic carbocycles. The quantitative estimate of drug-likeness (QED) is 0.441. The fourth-order valence-electron chi connectivity index (χ4n) is 3.76. The molecule has 2 atom stereocenters.